The van der Waals surface area contributed by atoms with Gasteiger partial charge in [-0.25, -0.2) is 0 Å². The minimum Gasteiger partial charge on any atom is -0.492 e. The zero-order valence-electron chi connectivity index (χ0n) is 20.1. The molecule has 33 heavy (non-hydrogen) atoms. The van der Waals surface area contributed by atoms with Gasteiger partial charge in [-0.3, -0.25) is 9.69 Å². The number of hydrogen-bond acceptors (Lipinski definition) is 3. The summed E-state index contributed by atoms with van der Waals surface area (Å²) in [6, 6.07) is 14.8. The summed E-state index contributed by atoms with van der Waals surface area (Å²) in [5, 5.41) is 0.674. The predicted molar refractivity (Wildman–Crippen MR) is 135 cm³/mol. The summed E-state index contributed by atoms with van der Waals surface area (Å²) in [4.78, 5) is 18.2. The van der Waals surface area contributed by atoms with Crippen molar-refractivity contribution in [2.24, 2.45) is 11.8 Å². The molecule has 2 aliphatic heterocycles. The molecule has 2 aliphatic rings. The second-order valence-electron chi connectivity index (χ2n) is 10.0. The number of rotatable bonds is 7. The minimum absolute atomic E-state index is 0.0563. The Balaban J connectivity index is 1.47. The molecular weight excluding hydrogens is 432 g/mol. The van der Waals surface area contributed by atoms with Crippen molar-refractivity contribution in [2.45, 2.75) is 59.0 Å². The van der Waals surface area contributed by atoms with E-state index >= 15 is 0 Å². The highest BCUT2D eigenvalue weighted by atomic mass is 35.5. The first-order chi connectivity index (χ1) is 16.0. The first kappa shape index (κ1) is 24.1. The van der Waals surface area contributed by atoms with E-state index in [-0.39, 0.29) is 11.8 Å². The minimum atomic E-state index is 0.0563. The van der Waals surface area contributed by atoms with Crippen molar-refractivity contribution >= 4 is 17.5 Å². The standard InChI is InChI=1S/C28H37ClN2O2/c1-21(2)17-31(19-23-15-24-11-6-7-14-33-27(24)26(29)16-23)28(32)25-12-8-13-30(20-25)18-22-9-4-3-5-10-22/h3-5,9-10,15-16,21,25H,6-8,11-14,17-20H2,1-2H3. The number of carbonyl (C=O) groups is 1. The number of fused-ring (bicyclic) bond motifs is 1. The molecule has 5 heteroatoms. The molecule has 0 radical (unpaired) electrons. The van der Waals surface area contributed by atoms with E-state index in [0.29, 0.717) is 17.5 Å². The second kappa shape index (κ2) is 11.4. The number of aryl methyl sites for hydroxylation is 1. The monoisotopic (exact) mass is 468 g/mol. The van der Waals surface area contributed by atoms with Crippen LogP contribution in [0.5, 0.6) is 5.75 Å². The van der Waals surface area contributed by atoms with Gasteiger partial charge < -0.3 is 9.64 Å². The van der Waals surface area contributed by atoms with Crippen LogP contribution in [0.25, 0.3) is 0 Å². The molecular formula is C28H37ClN2O2. The van der Waals surface area contributed by atoms with Gasteiger partial charge in [0.15, 0.2) is 0 Å². The first-order valence-electron chi connectivity index (χ1n) is 12.5. The maximum absolute atomic E-state index is 13.7. The molecule has 1 saturated heterocycles. The lowest BCUT2D eigenvalue weighted by Gasteiger charge is -2.35. The number of ether oxygens (including phenoxy) is 1. The van der Waals surface area contributed by atoms with E-state index in [4.69, 9.17) is 16.3 Å². The van der Waals surface area contributed by atoms with Crippen LogP contribution in [0.15, 0.2) is 42.5 Å². The molecule has 1 unspecified atom stereocenters. The van der Waals surface area contributed by atoms with Crippen LogP contribution in [0.2, 0.25) is 5.02 Å². The van der Waals surface area contributed by atoms with Gasteiger partial charge in [0.05, 0.1) is 17.5 Å². The molecule has 0 aromatic heterocycles. The Bertz CT molecular complexity index is 931. The first-order valence-corrected chi connectivity index (χ1v) is 12.9. The molecule has 2 aromatic carbocycles. The quantitative estimate of drug-likeness (QED) is 0.503. The van der Waals surface area contributed by atoms with Crippen molar-refractivity contribution in [1.29, 1.82) is 0 Å². The average Bonchev–Trinajstić information content (AvgIpc) is 3.05. The van der Waals surface area contributed by atoms with Crippen molar-refractivity contribution < 1.29 is 9.53 Å². The Labute approximate surface area is 203 Å². The largest absolute Gasteiger partial charge is 0.492 e. The number of likely N-dealkylation sites (tertiary alicyclic amines) is 1. The fraction of sp³-hybridized carbons (Fsp3) is 0.536. The Kier molecular flexibility index (Phi) is 8.32. The maximum atomic E-state index is 13.7. The summed E-state index contributed by atoms with van der Waals surface area (Å²) in [5.41, 5.74) is 3.60. The van der Waals surface area contributed by atoms with E-state index in [0.717, 1.165) is 76.2 Å². The summed E-state index contributed by atoms with van der Waals surface area (Å²) >= 11 is 6.60. The molecule has 4 rings (SSSR count). The van der Waals surface area contributed by atoms with Gasteiger partial charge in [-0.1, -0.05) is 61.8 Å². The molecule has 0 spiro atoms. The van der Waals surface area contributed by atoms with Crippen molar-refractivity contribution in [1.82, 2.24) is 9.80 Å². The third-order valence-electron chi connectivity index (χ3n) is 6.64. The van der Waals surface area contributed by atoms with Crippen LogP contribution in [-0.2, 0) is 24.3 Å². The van der Waals surface area contributed by atoms with Crippen molar-refractivity contribution in [2.75, 3.05) is 26.2 Å². The van der Waals surface area contributed by atoms with Crippen LogP contribution in [0.4, 0.5) is 0 Å². The Hall–Kier alpha value is -2.04. The number of amides is 1. The predicted octanol–water partition coefficient (Wildman–Crippen LogP) is 5.95. The van der Waals surface area contributed by atoms with Gasteiger partial charge in [0.1, 0.15) is 5.75 Å². The zero-order chi connectivity index (χ0) is 23.2. The molecule has 2 heterocycles. The number of halogens is 1. The van der Waals surface area contributed by atoms with Crippen LogP contribution in [0.3, 0.4) is 0 Å². The molecule has 0 aliphatic carbocycles. The smallest absolute Gasteiger partial charge is 0.227 e. The van der Waals surface area contributed by atoms with Gasteiger partial charge in [-0.05, 0) is 67.3 Å². The molecule has 0 saturated carbocycles. The molecule has 1 amide bonds. The molecule has 2 aromatic rings. The Morgan fingerprint density at radius 2 is 1.97 bits per heavy atom. The zero-order valence-corrected chi connectivity index (χ0v) is 20.8. The van der Waals surface area contributed by atoms with E-state index in [1.54, 1.807) is 0 Å². The number of piperidine rings is 1. The van der Waals surface area contributed by atoms with E-state index in [1.165, 1.54) is 11.1 Å². The topological polar surface area (TPSA) is 32.8 Å². The molecule has 1 atom stereocenters. The van der Waals surface area contributed by atoms with Crippen molar-refractivity contribution in [3.8, 4) is 5.75 Å². The van der Waals surface area contributed by atoms with Crippen LogP contribution in [0, 0.1) is 11.8 Å². The highest BCUT2D eigenvalue weighted by Crippen LogP contribution is 2.34. The average molecular weight is 469 g/mol. The highest BCUT2D eigenvalue weighted by Gasteiger charge is 2.30. The summed E-state index contributed by atoms with van der Waals surface area (Å²) < 4.78 is 5.89. The third-order valence-corrected chi connectivity index (χ3v) is 6.92. The molecule has 178 valence electrons. The molecule has 0 N–H and O–H groups in total. The fourth-order valence-electron chi connectivity index (χ4n) is 5.14. The summed E-state index contributed by atoms with van der Waals surface area (Å²) in [5.74, 6) is 1.59. The lowest BCUT2D eigenvalue weighted by molar-refractivity contribution is -0.138. The number of nitrogens with zero attached hydrogens (tertiary/aromatic N) is 2. The van der Waals surface area contributed by atoms with Gasteiger partial charge >= 0.3 is 0 Å². The van der Waals surface area contributed by atoms with Gasteiger partial charge in [-0.2, -0.15) is 0 Å². The normalized spacial score (nSPS) is 19.0. The van der Waals surface area contributed by atoms with E-state index in [2.05, 4.69) is 60.0 Å². The number of carbonyl (C=O) groups excluding carboxylic acids is 1. The lowest BCUT2D eigenvalue weighted by atomic mass is 9.95. The number of benzene rings is 2. The molecule has 0 bridgehead atoms. The Morgan fingerprint density at radius 1 is 1.15 bits per heavy atom. The molecule has 1 fully saturated rings. The molecule has 4 nitrogen and oxygen atoms in total. The van der Waals surface area contributed by atoms with Gasteiger partial charge in [0, 0.05) is 26.2 Å². The Morgan fingerprint density at radius 3 is 2.76 bits per heavy atom. The van der Waals surface area contributed by atoms with E-state index in [1.807, 2.05) is 6.07 Å². The summed E-state index contributed by atoms with van der Waals surface area (Å²) in [7, 11) is 0. The van der Waals surface area contributed by atoms with Gasteiger partial charge in [0.25, 0.3) is 0 Å². The van der Waals surface area contributed by atoms with Crippen LogP contribution in [0.1, 0.15) is 56.2 Å². The van der Waals surface area contributed by atoms with Crippen LogP contribution in [-0.4, -0.2) is 41.9 Å². The fourth-order valence-corrected chi connectivity index (χ4v) is 5.45. The van der Waals surface area contributed by atoms with Crippen LogP contribution < -0.4 is 4.74 Å². The summed E-state index contributed by atoms with van der Waals surface area (Å²) in [6.45, 7) is 9.27. The van der Waals surface area contributed by atoms with Crippen molar-refractivity contribution in [3.63, 3.8) is 0 Å². The van der Waals surface area contributed by atoms with Crippen LogP contribution >= 0.6 is 11.6 Å². The highest BCUT2D eigenvalue weighted by molar-refractivity contribution is 6.32. The van der Waals surface area contributed by atoms with Gasteiger partial charge in [0.2, 0.25) is 5.91 Å². The third kappa shape index (κ3) is 6.51. The SMILES string of the molecule is CC(C)CN(Cc1cc(Cl)c2c(c1)CCCCO2)C(=O)C1CCCN(Cc2ccccc2)C1. The van der Waals surface area contributed by atoms with Gasteiger partial charge in [-0.15, -0.1) is 0 Å². The second-order valence-corrected chi connectivity index (χ2v) is 10.5. The van der Waals surface area contributed by atoms with E-state index in [9.17, 15) is 4.79 Å². The maximum Gasteiger partial charge on any atom is 0.227 e. The summed E-state index contributed by atoms with van der Waals surface area (Å²) in [6.07, 6.45) is 5.19. The van der Waals surface area contributed by atoms with E-state index < -0.39 is 0 Å². The van der Waals surface area contributed by atoms with Crippen molar-refractivity contribution in [3.05, 3.63) is 64.2 Å². The number of hydrogen-bond donors (Lipinski definition) is 0. The lowest BCUT2D eigenvalue weighted by Crippen LogP contribution is -2.45.